The largest absolute Gasteiger partial charge is 0.320 e. The summed E-state index contributed by atoms with van der Waals surface area (Å²) in [6.45, 7) is 9.51. The maximum atomic E-state index is 5.99. The summed E-state index contributed by atoms with van der Waals surface area (Å²) in [6, 6.07) is 0. The molecule has 2 N–H and O–H groups in total. The van der Waals surface area contributed by atoms with Gasteiger partial charge in [-0.2, -0.15) is 5.10 Å². The van der Waals surface area contributed by atoms with Gasteiger partial charge in [0.2, 0.25) is 0 Å². The molecule has 0 saturated carbocycles. The normalized spacial score (nSPS) is 12.3. The van der Waals surface area contributed by atoms with Gasteiger partial charge in [-0.25, -0.2) is 14.3 Å². The molecule has 0 atom stereocenters. The van der Waals surface area contributed by atoms with Gasteiger partial charge in [-0.15, -0.1) is 5.10 Å². The van der Waals surface area contributed by atoms with Crippen LogP contribution < -0.4 is 5.73 Å². The lowest BCUT2D eigenvalue weighted by molar-refractivity contribution is 0.455. The minimum absolute atomic E-state index is 0.482. The molecular formula is C12H21N7. The minimum Gasteiger partial charge on any atom is -0.320 e. The van der Waals surface area contributed by atoms with Crippen LogP contribution in [0.3, 0.4) is 0 Å². The van der Waals surface area contributed by atoms with E-state index in [9.17, 15) is 0 Å². The summed E-state index contributed by atoms with van der Waals surface area (Å²) in [4.78, 5) is 4.27. The molecular weight excluding hydrogens is 242 g/mol. The van der Waals surface area contributed by atoms with E-state index in [1.165, 1.54) is 0 Å². The second-order valence-corrected chi connectivity index (χ2v) is 5.78. The van der Waals surface area contributed by atoms with Crippen LogP contribution in [0.25, 0.3) is 0 Å². The lowest BCUT2D eigenvalue weighted by Crippen LogP contribution is -2.29. The molecule has 7 nitrogen and oxygen atoms in total. The second-order valence-electron chi connectivity index (χ2n) is 5.78. The molecule has 2 aromatic rings. The van der Waals surface area contributed by atoms with Gasteiger partial charge in [-0.1, -0.05) is 19.1 Å². The smallest absolute Gasteiger partial charge is 0.148 e. The van der Waals surface area contributed by atoms with E-state index >= 15 is 0 Å². The number of hydrogen-bond donors (Lipinski definition) is 1. The van der Waals surface area contributed by atoms with Crippen molar-refractivity contribution < 1.29 is 0 Å². The van der Waals surface area contributed by atoms with Crippen LogP contribution in [0.5, 0.6) is 0 Å². The Morgan fingerprint density at radius 1 is 1.37 bits per heavy atom. The second kappa shape index (κ2) is 5.08. The summed E-state index contributed by atoms with van der Waals surface area (Å²) < 4.78 is 3.64. The summed E-state index contributed by atoms with van der Waals surface area (Å²) in [5, 5.41) is 12.4. The summed E-state index contributed by atoms with van der Waals surface area (Å²) in [5.74, 6) is 1.40. The minimum atomic E-state index is -0.482. The highest BCUT2D eigenvalue weighted by atomic mass is 15.4. The van der Waals surface area contributed by atoms with Crippen molar-refractivity contribution in [1.29, 1.82) is 0 Å². The van der Waals surface area contributed by atoms with Gasteiger partial charge in [0.15, 0.2) is 0 Å². The van der Waals surface area contributed by atoms with Crippen LogP contribution in [0, 0.1) is 5.92 Å². The van der Waals surface area contributed by atoms with Gasteiger partial charge < -0.3 is 5.73 Å². The Hall–Kier alpha value is -1.76. The van der Waals surface area contributed by atoms with Crippen molar-refractivity contribution in [1.82, 2.24) is 29.8 Å². The van der Waals surface area contributed by atoms with Crippen molar-refractivity contribution in [3.63, 3.8) is 0 Å². The average Bonchev–Trinajstić information content (AvgIpc) is 2.88. The standard InChI is InChI=1S/C12H21N7/c1-9(2)5-19-11(14-8-15-19)7-18-6-10(16-17-18)12(3,4)13/h6,8-9H,5,7,13H2,1-4H3. The molecule has 0 radical (unpaired) electrons. The first-order chi connectivity index (χ1) is 8.86. The maximum absolute atomic E-state index is 5.99. The van der Waals surface area contributed by atoms with Gasteiger partial charge >= 0.3 is 0 Å². The highest BCUT2D eigenvalue weighted by molar-refractivity contribution is 5.06. The molecule has 0 bridgehead atoms. The molecule has 2 rings (SSSR count). The highest BCUT2D eigenvalue weighted by Gasteiger charge is 2.18. The zero-order valence-electron chi connectivity index (χ0n) is 11.9. The van der Waals surface area contributed by atoms with Crippen molar-refractivity contribution in [3.8, 4) is 0 Å². The van der Waals surface area contributed by atoms with E-state index in [1.54, 1.807) is 11.0 Å². The lowest BCUT2D eigenvalue weighted by Gasteiger charge is -2.13. The fraction of sp³-hybridized carbons (Fsp3) is 0.667. The van der Waals surface area contributed by atoms with Gasteiger partial charge in [0.25, 0.3) is 0 Å². The Morgan fingerprint density at radius 2 is 2.11 bits per heavy atom. The summed E-state index contributed by atoms with van der Waals surface area (Å²) in [7, 11) is 0. The molecule has 104 valence electrons. The first kappa shape index (κ1) is 13.7. The molecule has 0 aromatic carbocycles. The zero-order chi connectivity index (χ0) is 14.0. The Kier molecular flexibility index (Phi) is 3.66. The predicted molar refractivity (Wildman–Crippen MR) is 71.2 cm³/mol. The lowest BCUT2D eigenvalue weighted by atomic mass is 10.0. The molecule has 0 saturated heterocycles. The topological polar surface area (TPSA) is 87.4 Å². The van der Waals surface area contributed by atoms with Crippen LogP contribution in [-0.2, 0) is 18.6 Å². The third-order valence-corrected chi connectivity index (χ3v) is 2.74. The quantitative estimate of drug-likeness (QED) is 0.860. The Bertz CT molecular complexity index is 532. The van der Waals surface area contributed by atoms with Gasteiger partial charge in [0, 0.05) is 6.54 Å². The Morgan fingerprint density at radius 3 is 2.68 bits per heavy atom. The molecule has 19 heavy (non-hydrogen) atoms. The number of hydrogen-bond acceptors (Lipinski definition) is 5. The monoisotopic (exact) mass is 263 g/mol. The van der Waals surface area contributed by atoms with E-state index in [0.717, 1.165) is 18.1 Å². The van der Waals surface area contributed by atoms with Crippen LogP contribution in [0.2, 0.25) is 0 Å². The molecule has 0 amide bonds. The molecule has 2 aromatic heterocycles. The highest BCUT2D eigenvalue weighted by Crippen LogP contribution is 2.13. The summed E-state index contributed by atoms with van der Waals surface area (Å²) >= 11 is 0. The number of nitrogens with zero attached hydrogens (tertiary/aromatic N) is 6. The van der Waals surface area contributed by atoms with Gasteiger partial charge in [0.1, 0.15) is 24.4 Å². The molecule has 7 heteroatoms. The number of rotatable bonds is 5. The first-order valence-electron chi connectivity index (χ1n) is 6.42. The van der Waals surface area contributed by atoms with E-state index in [1.807, 2.05) is 24.7 Å². The third kappa shape index (κ3) is 3.37. The molecule has 0 unspecified atom stereocenters. The third-order valence-electron chi connectivity index (χ3n) is 2.74. The molecule has 2 heterocycles. The summed E-state index contributed by atoms with van der Waals surface area (Å²) in [6.07, 6.45) is 3.43. The zero-order valence-corrected chi connectivity index (χ0v) is 11.9. The van der Waals surface area contributed by atoms with Crippen molar-refractivity contribution in [2.45, 2.75) is 46.3 Å². The molecule has 0 aliphatic heterocycles. The van der Waals surface area contributed by atoms with E-state index in [4.69, 9.17) is 5.73 Å². The number of nitrogens with two attached hydrogens (primary N) is 1. The van der Waals surface area contributed by atoms with Gasteiger partial charge in [-0.3, -0.25) is 0 Å². The van der Waals surface area contributed by atoms with Crippen LogP contribution in [-0.4, -0.2) is 29.8 Å². The molecule has 0 aliphatic carbocycles. The van der Waals surface area contributed by atoms with Crippen molar-refractivity contribution in [2.75, 3.05) is 0 Å². The first-order valence-corrected chi connectivity index (χ1v) is 6.42. The maximum Gasteiger partial charge on any atom is 0.148 e. The number of aromatic nitrogens is 6. The van der Waals surface area contributed by atoms with E-state index in [-0.39, 0.29) is 0 Å². The van der Waals surface area contributed by atoms with E-state index in [2.05, 4.69) is 34.2 Å². The molecule has 0 spiro atoms. The van der Waals surface area contributed by atoms with Crippen LogP contribution in [0.15, 0.2) is 12.5 Å². The fourth-order valence-corrected chi connectivity index (χ4v) is 1.72. The van der Waals surface area contributed by atoms with Crippen LogP contribution in [0.4, 0.5) is 0 Å². The average molecular weight is 263 g/mol. The SMILES string of the molecule is CC(C)Cn1ncnc1Cn1cc(C(C)(C)N)nn1. The van der Waals surface area contributed by atoms with Gasteiger partial charge in [0.05, 0.1) is 11.7 Å². The van der Waals surface area contributed by atoms with Crippen molar-refractivity contribution in [3.05, 3.63) is 24.0 Å². The van der Waals surface area contributed by atoms with Gasteiger partial charge in [-0.05, 0) is 19.8 Å². The van der Waals surface area contributed by atoms with Crippen molar-refractivity contribution in [2.24, 2.45) is 11.7 Å². The Labute approximate surface area is 112 Å². The van der Waals surface area contributed by atoms with E-state index < -0.39 is 5.54 Å². The predicted octanol–water partition coefficient (Wildman–Crippen LogP) is 0.768. The molecule has 0 aliphatic rings. The molecule has 0 fully saturated rings. The van der Waals surface area contributed by atoms with Crippen LogP contribution in [0.1, 0.15) is 39.2 Å². The van der Waals surface area contributed by atoms with E-state index in [0.29, 0.717) is 12.5 Å². The van der Waals surface area contributed by atoms with Crippen molar-refractivity contribution >= 4 is 0 Å². The Balaban J connectivity index is 2.13. The summed E-state index contributed by atoms with van der Waals surface area (Å²) in [5.41, 5.74) is 6.27. The van der Waals surface area contributed by atoms with Crippen LogP contribution >= 0.6 is 0 Å². The fourth-order valence-electron chi connectivity index (χ4n) is 1.72.